The van der Waals surface area contributed by atoms with Gasteiger partial charge in [0.05, 0.1) is 34.0 Å². The highest BCUT2D eigenvalue weighted by molar-refractivity contribution is 6.23. The van der Waals surface area contributed by atoms with Gasteiger partial charge < -0.3 is 9.80 Å². The number of non-ortho nitro benzene ring substituents is 1. The van der Waals surface area contributed by atoms with E-state index in [0.29, 0.717) is 10.7 Å². The van der Waals surface area contributed by atoms with Crippen LogP contribution in [0.15, 0.2) is 53.9 Å². The Balaban J connectivity index is 1.66. The summed E-state index contributed by atoms with van der Waals surface area (Å²) in [5.74, 6) is -1.92. The molecule has 2 aliphatic heterocycles. The number of para-hydroxylation sites is 2. The quantitative estimate of drug-likeness (QED) is 0.243. The number of hydrogen-bond acceptors (Lipinski definition) is 8. The number of hydrogen-bond donors (Lipinski definition) is 0. The van der Waals surface area contributed by atoms with Crippen LogP contribution in [-0.2, 0) is 4.79 Å². The Hall–Kier alpha value is -4.52. The first-order valence-corrected chi connectivity index (χ1v) is 9.15. The number of nitro groups is 1. The normalized spacial score (nSPS) is 14.5. The average molecular weight is 417 g/mol. The maximum absolute atomic E-state index is 13.0. The number of Topliss-reactive ketones (excluding diaryl/α,β-unsaturated/α-hetero) is 1. The zero-order chi connectivity index (χ0) is 22.4. The number of benzene rings is 2. The second-order valence-electron chi connectivity index (χ2n) is 7.02. The van der Waals surface area contributed by atoms with Crippen molar-refractivity contribution in [2.24, 2.45) is 0 Å². The van der Waals surface area contributed by atoms with E-state index in [2.05, 4.69) is 0 Å². The average Bonchev–Trinajstić information content (AvgIpc) is 3.15. The molecule has 0 spiro atoms. The van der Waals surface area contributed by atoms with Crippen LogP contribution in [0.2, 0.25) is 0 Å². The topological polar surface area (TPSA) is 128 Å². The molecule has 10 nitrogen and oxygen atoms in total. The van der Waals surface area contributed by atoms with E-state index in [0.717, 1.165) is 23.5 Å². The first kappa shape index (κ1) is 19.8. The molecule has 0 aromatic heterocycles. The first-order valence-electron chi connectivity index (χ1n) is 9.15. The molecule has 2 aromatic carbocycles. The van der Waals surface area contributed by atoms with Gasteiger partial charge >= 0.3 is 0 Å². The number of fused-ring (bicyclic) bond motifs is 2. The van der Waals surface area contributed by atoms with Crippen LogP contribution in [-0.4, -0.2) is 48.1 Å². The number of carbonyl (C=O) groups excluding carboxylic acids is 3. The maximum atomic E-state index is 13.0. The third-order valence-corrected chi connectivity index (χ3v) is 5.32. The van der Waals surface area contributed by atoms with Crippen LogP contribution < -0.4 is 9.80 Å². The van der Waals surface area contributed by atoms with Gasteiger partial charge in [0.25, 0.3) is 17.5 Å². The SMILES string of the molecule is CN1C(=C(C#N)C(=O)CN2C(=O)c3ccc([N+](=O)[O-])cc3C2=O)N(C)c2ccccc21. The summed E-state index contributed by atoms with van der Waals surface area (Å²) in [7, 11) is 3.42. The van der Waals surface area contributed by atoms with Gasteiger partial charge in [-0.05, 0) is 18.2 Å². The molecular formula is C21H15N5O5. The molecular weight excluding hydrogens is 402 g/mol. The number of amides is 2. The smallest absolute Gasteiger partial charge is 0.270 e. The summed E-state index contributed by atoms with van der Waals surface area (Å²) in [4.78, 5) is 52.7. The molecule has 4 rings (SSSR count). The van der Waals surface area contributed by atoms with Crippen molar-refractivity contribution in [1.29, 1.82) is 5.26 Å². The van der Waals surface area contributed by atoms with Crippen molar-refractivity contribution in [3.63, 3.8) is 0 Å². The van der Waals surface area contributed by atoms with Gasteiger partial charge in [-0.25, -0.2) is 0 Å². The lowest BCUT2D eigenvalue weighted by atomic mass is 10.1. The van der Waals surface area contributed by atoms with Crippen molar-refractivity contribution in [3.05, 3.63) is 75.1 Å². The van der Waals surface area contributed by atoms with Crippen LogP contribution >= 0.6 is 0 Å². The summed E-state index contributed by atoms with van der Waals surface area (Å²) in [5.41, 5.74) is 0.906. The molecule has 2 amide bonds. The summed E-state index contributed by atoms with van der Waals surface area (Å²) in [5, 5.41) is 20.7. The lowest BCUT2D eigenvalue weighted by molar-refractivity contribution is -0.384. The summed E-state index contributed by atoms with van der Waals surface area (Å²) in [6.07, 6.45) is 0. The zero-order valence-electron chi connectivity index (χ0n) is 16.5. The minimum atomic E-state index is -0.809. The van der Waals surface area contributed by atoms with E-state index in [1.807, 2.05) is 30.3 Å². The Morgan fingerprint density at radius 3 is 2.16 bits per heavy atom. The molecule has 0 fully saturated rings. The summed E-state index contributed by atoms with van der Waals surface area (Å²) in [6.45, 7) is -0.648. The highest BCUT2D eigenvalue weighted by Crippen LogP contribution is 2.40. The fourth-order valence-electron chi connectivity index (χ4n) is 3.82. The summed E-state index contributed by atoms with van der Waals surface area (Å²) in [6, 6.07) is 12.6. The molecule has 10 heteroatoms. The molecule has 0 unspecified atom stereocenters. The molecule has 2 aromatic rings. The van der Waals surface area contributed by atoms with Gasteiger partial charge in [0.1, 0.15) is 17.5 Å². The fraction of sp³-hybridized carbons (Fsp3) is 0.143. The van der Waals surface area contributed by atoms with Crippen LogP contribution in [0.1, 0.15) is 20.7 Å². The van der Waals surface area contributed by atoms with Gasteiger partial charge in [-0.1, -0.05) is 12.1 Å². The van der Waals surface area contributed by atoms with E-state index in [-0.39, 0.29) is 22.4 Å². The Kier molecular flexibility index (Phi) is 4.51. The molecule has 31 heavy (non-hydrogen) atoms. The molecule has 0 atom stereocenters. The molecule has 154 valence electrons. The molecule has 0 aliphatic carbocycles. The van der Waals surface area contributed by atoms with Gasteiger partial charge in [0, 0.05) is 26.2 Å². The van der Waals surface area contributed by atoms with Crippen molar-refractivity contribution >= 4 is 34.7 Å². The fourth-order valence-corrected chi connectivity index (χ4v) is 3.82. The molecule has 2 aliphatic rings. The lowest BCUT2D eigenvalue weighted by Gasteiger charge is -2.21. The Bertz CT molecular complexity index is 1230. The number of rotatable bonds is 4. The van der Waals surface area contributed by atoms with E-state index >= 15 is 0 Å². The minimum Gasteiger partial charge on any atom is -0.328 e. The molecule has 0 saturated carbocycles. The van der Waals surface area contributed by atoms with E-state index in [4.69, 9.17) is 0 Å². The van der Waals surface area contributed by atoms with Crippen LogP contribution in [0.3, 0.4) is 0 Å². The molecule has 0 bridgehead atoms. The van der Waals surface area contributed by atoms with Crippen LogP contribution in [0.5, 0.6) is 0 Å². The maximum Gasteiger partial charge on any atom is 0.270 e. The van der Waals surface area contributed by atoms with Crippen molar-refractivity contribution in [1.82, 2.24) is 4.90 Å². The Labute approximate surface area is 176 Å². The minimum absolute atomic E-state index is 0.0166. The molecule has 0 saturated heterocycles. The molecule has 2 heterocycles. The predicted molar refractivity (Wildman–Crippen MR) is 109 cm³/mol. The second-order valence-corrected chi connectivity index (χ2v) is 7.02. The van der Waals surface area contributed by atoms with Gasteiger partial charge in [-0.3, -0.25) is 29.4 Å². The number of nitro benzene ring substituents is 1. The Morgan fingerprint density at radius 1 is 1.03 bits per heavy atom. The Morgan fingerprint density at radius 2 is 1.61 bits per heavy atom. The predicted octanol–water partition coefficient (Wildman–Crippen LogP) is 2.08. The van der Waals surface area contributed by atoms with E-state index < -0.39 is 29.1 Å². The standard InChI is InChI=1S/C21H15N5O5/c1-23-16-5-3-4-6-17(16)24(2)19(23)15(10-22)18(27)11-25-20(28)13-8-7-12(26(30)31)9-14(13)21(25)29/h3-9H,11H2,1-2H3. The van der Waals surface area contributed by atoms with Gasteiger partial charge in [0.2, 0.25) is 0 Å². The van der Waals surface area contributed by atoms with Gasteiger partial charge in [0.15, 0.2) is 5.78 Å². The highest BCUT2D eigenvalue weighted by atomic mass is 16.6. The first-order chi connectivity index (χ1) is 14.8. The third-order valence-electron chi connectivity index (χ3n) is 5.32. The highest BCUT2D eigenvalue weighted by Gasteiger charge is 2.39. The largest absolute Gasteiger partial charge is 0.328 e. The van der Waals surface area contributed by atoms with Gasteiger partial charge in [-0.2, -0.15) is 5.26 Å². The van der Waals surface area contributed by atoms with E-state index in [1.54, 1.807) is 23.9 Å². The number of ketones is 1. The lowest BCUT2D eigenvalue weighted by Crippen LogP contribution is -2.37. The number of imide groups is 1. The van der Waals surface area contributed by atoms with Gasteiger partial charge in [-0.15, -0.1) is 0 Å². The second kappa shape index (κ2) is 7.07. The van der Waals surface area contributed by atoms with Crippen LogP contribution in [0.25, 0.3) is 0 Å². The third kappa shape index (κ3) is 2.91. The molecule has 0 N–H and O–H groups in total. The summed E-state index contributed by atoms with van der Waals surface area (Å²) >= 11 is 0. The van der Waals surface area contributed by atoms with Crippen molar-refractivity contribution in [2.75, 3.05) is 30.4 Å². The van der Waals surface area contributed by atoms with E-state index in [9.17, 15) is 29.8 Å². The zero-order valence-corrected chi connectivity index (χ0v) is 16.5. The summed E-state index contributed by atoms with van der Waals surface area (Å²) < 4.78 is 0. The number of nitriles is 1. The van der Waals surface area contributed by atoms with Crippen LogP contribution in [0, 0.1) is 21.4 Å². The number of anilines is 2. The monoisotopic (exact) mass is 417 g/mol. The number of nitrogens with zero attached hydrogens (tertiary/aromatic N) is 5. The van der Waals surface area contributed by atoms with Crippen molar-refractivity contribution < 1.29 is 19.3 Å². The number of carbonyl (C=O) groups is 3. The van der Waals surface area contributed by atoms with Crippen LogP contribution in [0.4, 0.5) is 17.1 Å². The van der Waals surface area contributed by atoms with Crippen molar-refractivity contribution in [2.45, 2.75) is 0 Å². The van der Waals surface area contributed by atoms with Crippen molar-refractivity contribution in [3.8, 4) is 6.07 Å². The van der Waals surface area contributed by atoms with E-state index in [1.165, 1.54) is 6.07 Å². The molecule has 0 radical (unpaired) electrons.